The third-order valence-electron chi connectivity index (χ3n) is 3.79. The smallest absolute Gasteiger partial charge is 0.411 e. The van der Waals surface area contributed by atoms with Crippen molar-refractivity contribution in [3.8, 4) is 11.3 Å². The first-order valence-corrected chi connectivity index (χ1v) is 8.77. The number of hydrogen-bond donors (Lipinski definition) is 2. The molecule has 134 valence electrons. The van der Waals surface area contributed by atoms with E-state index in [1.807, 2.05) is 30.3 Å². The van der Waals surface area contributed by atoms with E-state index in [1.54, 1.807) is 24.3 Å². The average molecular weight is 379 g/mol. The van der Waals surface area contributed by atoms with Gasteiger partial charge in [-0.1, -0.05) is 47.7 Å². The maximum Gasteiger partial charge on any atom is 0.411 e. The summed E-state index contributed by atoms with van der Waals surface area (Å²) in [6, 6.07) is 16.5. The second kappa shape index (κ2) is 7.34. The van der Waals surface area contributed by atoms with Gasteiger partial charge in [-0.05, 0) is 29.2 Å². The molecule has 2 aromatic carbocycles. The molecular formula is C18H13N5O3S. The van der Waals surface area contributed by atoms with Crippen LogP contribution >= 0.6 is 11.5 Å². The fourth-order valence-corrected chi connectivity index (χ4v) is 3.20. The van der Waals surface area contributed by atoms with Gasteiger partial charge in [0.25, 0.3) is 5.56 Å². The summed E-state index contributed by atoms with van der Waals surface area (Å²) in [4.78, 5) is 23.6. The summed E-state index contributed by atoms with van der Waals surface area (Å²) in [5, 5.41) is 12.5. The molecule has 2 heterocycles. The molecule has 4 aromatic rings. The van der Waals surface area contributed by atoms with Gasteiger partial charge in [-0.2, -0.15) is 4.37 Å². The van der Waals surface area contributed by atoms with Crippen molar-refractivity contribution in [2.75, 3.05) is 5.32 Å². The number of aromatic amines is 1. The van der Waals surface area contributed by atoms with Crippen molar-refractivity contribution < 1.29 is 9.53 Å². The molecule has 4 rings (SSSR count). The molecule has 0 aliphatic carbocycles. The quantitative estimate of drug-likeness (QED) is 0.563. The molecule has 0 radical (unpaired) electrons. The van der Waals surface area contributed by atoms with Gasteiger partial charge in [0.1, 0.15) is 22.5 Å². The number of H-pyrrole nitrogens is 1. The van der Waals surface area contributed by atoms with Gasteiger partial charge >= 0.3 is 6.09 Å². The Kier molecular flexibility index (Phi) is 4.58. The van der Waals surface area contributed by atoms with Crippen LogP contribution in [0.5, 0.6) is 0 Å². The highest BCUT2D eigenvalue weighted by Gasteiger charge is 2.13. The van der Waals surface area contributed by atoms with Crippen LogP contribution in [-0.2, 0) is 11.3 Å². The molecule has 0 saturated heterocycles. The normalized spacial score (nSPS) is 10.7. The van der Waals surface area contributed by atoms with Crippen molar-refractivity contribution in [3.63, 3.8) is 0 Å². The summed E-state index contributed by atoms with van der Waals surface area (Å²) in [5.41, 5.74) is 2.97. The number of fused-ring (bicyclic) bond motifs is 1. The van der Waals surface area contributed by atoms with E-state index in [4.69, 9.17) is 4.74 Å². The topological polar surface area (TPSA) is 110 Å². The van der Waals surface area contributed by atoms with Crippen LogP contribution in [0.25, 0.3) is 21.5 Å². The number of amides is 1. The van der Waals surface area contributed by atoms with Crippen molar-refractivity contribution in [1.82, 2.24) is 19.8 Å². The lowest BCUT2D eigenvalue weighted by Gasteiger charge is -2.07. The number of nitrogens with one attached hydrogen (secondary N) is 2. The van der Waals surface area contributed by atoms with E-state index in [0.717, 1.165) is 22.7 Å². The number of benzene rings is 2. The molecule has 0 spiro atoms. The Morgan fingerprint density at radius 3 is 2.67 bits per heavy atom. The average Bonchev–Trinajstić information content (AvgIpc) is 3.13. The fraction of sp³-hybridized carbons (Fsp3) is 0.0556. The molecule has 27 heavy (non-hydrogen) atoms. The fourth-order valence-electron chi connectivity index (χ4n) is 2.48. The van der Waals surface area contributed by atoms with Crippen LogP contribution in [0.1, 0.15) is 5.56 Å². The molecule has 2 aromatic heterocycles. The number of hydrogen-bond acceptors (Lipinski definition) is 7. The summed E-state index contributed by atoms with van der Waals surface area (Å²) in [6.45, 7) is 0.197. The summed E-state index contributed by atoms with van der Waals surface area (Å²) in [7, 11) is 0. The Bertz CT molecular complexity index is 1140. The van der Waals surface area contributed by atoms with Gasteiger partial charge in [0, 0.05) is 11.3 Å². The van der Waals surface area contributed by atoms with Gasteiger partial charge in [-0.25, -0.2) is 9.89 Å². The summed E-state index contributed by atoms with van der Waals surface area (Å²) >= 11 is 1.07. The van der Waals surface area contributed by atoms with E-state index < -0.39 is 6.09 Å². The van der Waals surface area contributed by atoms with Gasteiger partial charge in [0.2, 0.25) is 0 Å². The second-order valence-corrected chi connectivity index (χ2v) is 6.39. The minimum atomic E-state index is -0.539. The largest absolute Gasteiger partial charge is 0.444 e. The van der Waals surface area contributed by atoms with E-state index in [-0.39, 0.29) is 12.2 Å². The predicted molar refractivity (Wildman–Crippen MR) is 102 cm³/mol. The number of rotatable bonds is 4. The third-order valence-corrected chi connectivity index (χ3v) is 4.63. The molecule has 8 nitrogen and oxygen atoms in total. The summed E-state index contributed by atoms with van der Waals surface area (Å²) < 4.78 is 9.90. The van der Waals surface area contributed by atoms with Crippen molar-refractivity contribution in [3.05, 3.63) is 70.5 Å². The molecular weight excluding hydrogens is 366 g/mol. The first-order valence-electron chi connectivity index (χ1n) is 7.99. The number of ether oxygens (including phenoxy) is 1. The molecule has 0 atom stereocenters. The molecule has 2 N–H and O–H groups in total. The highest BCUT2D eigenvalue weighted by Crippen LogP contribution is 2.27. The predicted octanol–water partition coefficient (Wildman–Crippen LogP) is 3.19. The summed E-state index contributed by atoms with van der Waals surface area (Å²) in [6.07, 6.45) is -0.539. The molecule has 9 heteroatoms. The molecule has 0 aliphatic rings. The van der Waals surface area contributed by atoms with Crippen LogP contribution in [0.15, 0.2) is 59.4 Å². The highest BCUT2D eigenvalue weighted by molar-refractivity contribution is 7.13. The number of anilines is 1. The number of carbonyl (C=O) groups excluding carboxylic acids is 1. The van der Waals surface area contributed by atoms with Crippen molar-refractivity contribution in [1.29, 1.82) is 0 Å². The van der Waals surface area contributed by atoms with E-state index in [9.17, 15) is 9.59 Å². The zero-order valence-electron chi connectivity index (χ0n) is 13.9. The number of aromatic nitrogens is 4. The lowest BCUT2D eigenvalue weighted by Crippen LogP contribution is -2.13. The number of nitrogens with zero attached hydrogens (tertiary/aromatic N) is 3. The van der Waals surface area contributed by atoms with Gasteiger partial charge in [0.15, 0.2) is 0 Å². The van der Waals surface area contributed by atoms with E-state index in [2.05, 4.69) is 25.1 Å². The Morgan fingerprint density at radius 2 is 1.89 bits per heavy atom. The Balaban J connectivity index is 1.45. The lowest BCUT2D eigenvalue weighted by atomic mass is 10.1. The Hall–Kier alpha value is -3.59. The minimum absolute atomic E-state index is 0.197. The standard InChI is InChI=1S/C18H13N5O3S/c24-17-16-15(20-23-21-17)14(22-27-16)12-6-8-13(9-7-12)19-18(25)26-10-11-4-2-1-3-5-11/h1-9H,10H2,(H,19,25)(H,20,21,24). The highest BCUT2D eigenvalue weighted by atomic mass is 32.1. The van der Waals surface area contributed by atoms with Crippen molar-refractivity contribution in [2.24, 2.45) is 0 Å². The van der Waals surface area contributed by atoms with Crippen LogP contribution in [0.2, 0.25) is 0 Å². The molecule has 0 aliphatic heterocycles. The zero-order chi connectivity index (χ0) is 18.6. The maximum atomic E-state index is 11.9. The summed E-state index contributed by atoms with van der Waals surface area (Å²) in [5.74, 6) is 0. The van der Waals surface area contributed by atoms with Crippen LogP contribution in [0.3, 0.4) is 0 Å². The van der Waals surface area contributed by atoms with Crippen LogP contribution in [0.4, 0.5) is 10.5 Å². The van der Waals surface area contributed by atoms with Crippen LogP contribution in [0, 0.1) is 0 Å². The van der Waals surface area contributed by atoms with E-state index in [0.29, 0.717) is 21.6 Å². The lowest BCUT2D eigenvalue weighted by molar-refractivity contribution is 0.155. The molecule has 1 amide bonds. The molecule has 0 saturated carbocycles. The first-order chi connectivity index (χ1) is 13.2. The molecule has 0 fully saturated rings. The minimum Gasteiger partial charge on any atom is -0.444 e. The third kappa shape index (κ3) is 3.67. The zero-order valence-corrected chi connectivity index (χ0v) is 14.7. The van der Waals surface area contributed by atoms with Crippen LogP contribution in [-0.4, -0.2) is 25.9 Å². The molecule has 0 bridgehead atoms. The van der Waals surface area contributed by atoms with E-state index >= 15 is 0 Å². The Morgan fingerprint density at radius 1 is 1.11 bits per heavy atom. The maximum absolute atomic E-state index is 11.9. The van der Waals surface area contributed by atoms with Gasteiger partial charge in [-0.15, -0.1) is 5.10 Å². The van der Waals surface area contributed by atoms with Crippen LogP contribution < -0.4 is 10.9 Å². The number of carbonyl (C=O) groups is 1. The van der Waals surface area contributed by atoms with Crippen molar-refractivity contribution in [2.45, 2.75) is 6.61 Å². The van der Waals surface area contributed by atoms with Gasteiger partial charge in [0.05, 0.1) is 0 Å². The van der Waals surface area contributed by atoms with Gasteiger partial charge < -0.3 is 4.74 Å². The SMILES string of the molecule is O=C(Nc1ccc(-c2nsc3c(=O)[nH]nnc23)cc1)OCc1ccccc1. The Labute approximate surface area is 157 Å². The second-order valence-electron chi connectivity index (χ2n) is 5.61. The molecule has 0 unspecified atom stereocenters. The van der Waals surface area contributed by atoms with Crippen molar-refractivity contribution >= 4 is 33.5 Å². The monoisotopic (exact) mass is 379 g/mol. The first kappa shape index (κ1) is 16.9. The van der Waals surface area contributed by atoms with Gasteiger partial charge in [-0.3, -0.25) is 10.1 Å². The van der Waals surface area contributed by atoms with E-state index in [1.165, 1.54) is 0 Å².